The first kappa shape index (κ1) is 25.6. The number of hydrogen-bond donors (Lipinski definition) is 0. The minimum Gasteiger partial charge on any atom is -0.495 e. The molecular formula is C33H35FN2O3. The van der Waals surface area contributed by atoms with Crippen molar-refractivity contribution in [3.05, 3.63) is 95.9 Å². The molecular weight excluding hydrogens is 491 g/mol. The molecule has 6 heteroatoms. The van der Waals surface area contributed by atoms with Crippen molar-refractivity contribution in [2.45, 2.75) is 63.3 Å². The zero-order chi connectivity index (χ0) is 26.8. The van der Waals surface area contributed by atoms with Crippen LogP contribution in [0, 0.1) is 5.82 Å². The topological polar surface area (TPSA) is 43.7 Å². The maximum absolute atomic E-state index is 13.3. The van der Waals surface area contributed by atoms with Crippen molar-refractivity contribution in [2.75, 3.05) is 13.7 Å². The molecule has 3 heterocycles. The molecule has 2 saturated heterocycles. The summed E-state index contributed by atoms with van der Waals surface area (Å²) in [4.78, 5) is 16.0. The molecule has 2 aliphatic rings. The second kappa shape index (κ2) is 11.2. The van der Waals surface area contributed by atoms with E-state index in [0.29, 0.717) is 18.5 Å². The summed E-state index contributed by atoms with van der Waals surface area (Å²) in [6.07, 6.45) is 7.99. The van der Waals surface area contributed by atoms with Crippen LogP contribution < -0.4 is 9.47 Å². The Bertz CT molecular complexity index is 1420. The van der Waals surface area contributed by atoms with Gasteiger partial charge in [-0.15, -0.1) is 0 Å². The fraction of sp³-hybridized carbons (Fsp3) is 0.364. The lowest BCUT2D eigenvalue weighted by Crippen LogP contribution is -2.46. The Labute approximate surface area is 229 Å². The predicted molar refractivity (Wildman–Crippen MR) is 151 cm³/mol. The van der Waals surface area contributed by atoms with Crippen molar-refractivity contribution in [3.63, 3.8) is 0 Å². The van der Waals surface area contributed by atoms with Gasteiger partial charge >= 0.3 is 0 Å². The van der Waals surface area contributed by atoms with E-state index in [1.807, 2.05) is 54.7 Å². The van der Waals surface area contributed by atoms with Crippen molar-refractivity contribution in [1.82, 2.24) is 9.47 Å². The van der Waals surface area contributed by atoms with Crippen molar-refractivity contribution in [2.24, 2.45) is 0 Å². The summed E-state index contributed by atoms with van der Waals surface area (Å²) in [5.74, 6) is 1.43. The number of aryl methyl sites for hydroxylation is 1. The largest absolute Gasteiger partial charge is 0.495 e. The third-order valence-corrected chi connectivity index (χ3v) is 8.36. The van der Waals surface area contributed by atoms with E-state index in [4.69, 9.17) is 9.47 Å². The van der Waals surface area contributed by atoms with Gasteiger partial charge in [0.05, 0.1) is 12.6 Å². The number of carbonyl (C=O) groups excluding carboxylic acids is 1. The van der Waals surface area contributed by atoms with E-state index in [1.165, 1.54) is 25.0 Å². The predicted octanol–water partition coefficient (Wildman–Crippen LogP) is 6.68. The van der Waals surface area contributed by atoms with Crippen LogP contribution in [0.5, 0.6) is 11.5 Å². The number of piperidine rings is 1. The number of rotatable bonds is 10. The highest BCUT2D eigenvalue weighted by Crippen LogP contribution is 2.38. The number of Topliss-reactive ketones (excluding diaryl/α,β-unsaturated/α-hetero) is 1. The number of halogens is 1. The van der Waals surface area contributed by atoms with Crippen LogP contribution in [0.25, 0.3) is 10.9 Å². The average Bonchev–Trinajstić information content (AvgIpc) is 3.44. The second-order valence-corrected chi connectivity index (χ2v) is 10.8. The SMILES string of the molecule is COc1cccc2c(C(=O)Cc3ccccc3)cn(CCCN3C4CCC3CC(Oc3ccc(F)cc3)C4)c12. The minimum atomic E-state index is -0.238. The maximum Gasteiger partial charge on any atom is 0.169 e. The Hall–Kier alpha value is -3.64. The van der Waals surface area contributed by atoms with Crippen molar-refractivity contribution in [3.8, 4) is 11.5 Å². The van der Waals surface area contributed by atoms with E-state index >= 15 is 0 Å². The van der Waals surface area contributed by atoms with Gasteiger partial charge in [0.25, 0.3) is 0 Å². The van der Waals surface area contributed by atoms with Gasteiger partial charge in [0, 0.05) is 48.7 Å². The van der Waals surface area contributed by atoms with Gasteiger partial charge in [-0.1, -0.05) is 42.5 Å². The molecule has 2 aliphatic heterocycles. The first-order chi connectivity index (χ1) is 19.1. The molecule has 0 N–H and O–H groups in total. The van der Waals surface area contributed by atoms with Gasteiger partial charge in [0.1, 0.15) is 23.4 Å². The standard InChI is InChI=1S/C33H35FN2O3/c1-38-32-10-5-9-29-30(31(37)19-23-7-3-2-4-8-23)22-35(33(29)32)17-6-18-36-25-13-14-26(36)21-28(20-25)39-27-15-11-24(34)12-16-27/h2-5,7-12,15-16,22,25-26,28H,6,13-14,17-21H2,1H3. The summed E-state index contributed by atoms with van der Waals surface area (Å²) in [5.41, 5.74) is 2.77. The lowest BCUT2D eigenvalue weighted by molar-refractivity contribution is 0.0481. The molecule has 3 aromatic carbocycles. The van der Waals surface area contributed by atoms with Gasteiger partial charge in [0.15, 0.2) is 5.78 Å². The first-order valence-corrected chi connectivity index (χ1v) is 14.0. The van der Waals surface area contributed by atoms with Crippen LogP contribution in [-0.4, -0.2) is 47.1 Å². The Morgan fingerprint density at radius 1 is 0.923 bits per heavy atom. The number of nitrogens with zero attached hydrogens (tertiary/aromatic N) is 2. The summed E-state index contributed by atoms with van der Waals surface area (Å²) in [7, 11) is 1.69. The number of hydrogen-bond acceptors (Lipinski definition) is 4. The molecule has 0 spiro atoms. The third kappa shape index (κ3) is 5.44. The monoisotopic (exact) mass is 526 g/mol. The molecule has 202 valence electrons. The molecule has 2 fully saturated rings. The zero-order valence-corrected chi connectivity index (χ0v) is 22.4. The third-order valence-electron chi connectivity index (χ3n) is 8.36. The number of aromatic nitrogens is 1. The molecule has 5 nitrogen and oxygen atoms in total. The van der Waals surface area contributed by atoms with Gasteiger partial charge in [0.2, 0.25) is 0 Å². The van der Waals surface area contributed by atoms with E-state index in [2.05, 4.69) is 9.47 Å². The Morgan fingerprint density at radius 2 is 1.67 bits per heavy atom. The van der Waals surface area contributed by atoms with E-state index in [-0.39, 0.29) is 17.7 Å². The summed E-state index contributed by atoms with van der Waals surface area (Å²) < 4.78 is 27.4. The molecule has 6 rings (SSSR count). The normalized spacial score (nSPS) is 20.8. The summed E-state index contributed by atoms with van der Waals surface area (Å²) in [5, 5.41) is 0.953. The van der Waals surface area contributed by atoms with Crippen LogP contribution in [0.1, 0.15) is 48.0 Å². The van der Waals surface area contributed by atoms with Crippen LogP contribution >= 0.6 is 0 Å². The molecule has 0 aliphatic carbocycles. The van der Waals surface area contributed by atoms with Crippen LogP contribution in [0.15, 0.2) is 79.0 Å². The fourth-order valence-electron chi connectivity index (χ4n) is 6.58. The zero-order valence-electron chi connectivity index (χ0n) is 22.4. The van der Waals surface area contributed by atoms with Gasteiger partial charge in [-0.05, 0) is 68.0 Å². The number of ether oxygens (including phenoxy) is 2. The number of fused-ring (bicyclic) bond motifs is 3. The van der Waals surface area contributed by atoms with Crippen molar-refractivity contribution in [1.29, 1.82) is 0 Å². The quantitative estimate of drug-likeness (QED) is 0.216. The average molecular weight is 527 g/mol. The smallest absolute Gasteiger partial charge is 0.169 e. The minimum absolute atomic E-state index is 0.125. The van der Waals surface area contributed by atoms with Gasteiger partial charge in [-0.2, -0.15) is 0 Å². The van der Waals surface area contributed by atoms with E-state index in [0.717, 1.165) is 65.9 Å². The lowest BCUT2D eigenvalue weighted by atomic mass is 9.99. The fourth-order valence-corrected chi connectivity index (χ4v) is 6.58. The van der Waals surface area contributed by atoms with Crippen LogP contribution in [0.3, 0.4) is 0 Å². The second-order valence-electron chi connectivity index (χ2n) is 10.8. The Morgan fingerprint density at radius 3 is 2.38 bits per heavy atom. The van der Waals surface area contributed by atoms with Crippen LogP contribution in [-0.2, 0) is 13.0 Å². The van der Waals surface area contributed by atoms with Crippen LogP contribution in [0.4, 0.5) is 4.39 Å². The van der Waals surface area contributed by atoms with Gasteiger partial charge in [-0.3, -0.25) is 9.69 Å². The lowest BCUT2D eigenvalue weighted by Gasteiger charge is -2.39. The molecule has 2 bridgehead atoms. The molecule has 2 atom stereocenters. The Balaban J connectivity index is 1.13. The van der Waals surface area contributed by atoms with Crippen LogP contribution in [0.2, 0.25) is 0 Å². The first-order valence-electron chi connectivity index (χ1n) is 14.0. The highest BCUT2D eigenvalue weighted by atomic mass is 19.1. The number of ketones is 1. The number of methoxy groups -OCH3 is 1. The maximum atomic E-state index is 13.3. The Kier molecular flexibility index (Phi) is 7.38. The summed E-state index contributed by atoms with van der Waals surface area (Å²) in [6, 6.07) is 23.3. The molecule has 39 heavy (non-hydrogen) atoms. The highest BCUT2D eigenvalue weighted by Gasteiger charge is 2.41. The van der Waals surface area contributed by atoms with Crippen molar-refractivity contribution >= 4 is 16.7 Å². The number of para-hydroxylation sites is 1. The number of carbonyl (C=O) groups is 1. The highest BCUT2D eigenvalue weighted by molar-refractivity contribution is 6.10. The molecule has 0 radical (unpaired) electrons. The summed E-state index contributed by atoms with van der Waals surface area (Å²) >= 11 is 0. The van der Waals surface area contributed by atoms with E-state index < -0.39 is 0 Å². The summed E-state index contributed by atoms with van der Waals surface area (Å²) in [6.45, 7) is 1.83. The van der Waals surface area contributed by atoms with E-state index in [1.54, 1.807) is 19.2 Å². The molecule has 2 unspecified atom stereocenters. The van der Waals surface area contributed by atoms with E-state index in [9.17, 15) is 9.18 Å². The molecule has 4 aromatic rings. The molecule has 0 amide bonds. The number of benzene rings is 3. The molecule has 1 aromatic heterocycles. The van der Waals surface area contributed by atoms with Gasteiger partial charge in [-0.25, -0.2) is 4.39 Å². The van der Waals surface area contributed by atoms with Crippen molar-refractivity contribution < 1.29 is 18.7 Å². The van der Waals surface area contributed by atoms with Gasteiger partial charge < -0.3 is 14.0 Å². The molecule has 0 saturated carbocycles.